The Morgan fingerprint density at radius 2 is 1.77 bits per heavy atom. The van der Waals surface area contributed by atoms with Gasteiger partial charge in [0.25, 0.3) is 5.91 Å². The molecule has 0 saturated carbocycles. The molecular formula is C27H32N4O4. The van der Waals surface area contributed by atoms with Gasteiger partial charge in [-0.05, 0) is 62.4 Å². The van der Waals surface area contributed by atoms with E-state index >= 15 is 0 Å². The summed E-state index contributed by atoms with van der Waals surface area (Å²) < 4.78 is 10.9. The Hall–Kier alpha value is -3.52. The fourth-order valence-corrected chi connectivity index (χ4v) is 5.51. The van der Waals surface area contributed by atoms with Crippen LogP contribution in [0.1, 0.15) is 31.0 Å². The lowest BCUT2D eigenvalue weighted by Crippen LogP contribution is -2.53. The molecule has 2 aliphatic rings. The fraction of sp³-hybridized carbons (Fsp3) is 0.407. The summed E-state index contributed by atoms with van der Waals surface area (Å²) in [6.07, 6.45) is 1.69. The van der Waals surface area contributed by atoms with Crippen molar-refractivity contribution in [3.05, 3.63) is 59.8 Å². The number of imide groups is 1. The molecule has 184 valence electrons. The van der Waals surface area contributed by atoms with Gasteiger partial charge in [-0.25, -0.2) is 4.79 Å². The highest BCUT2D eigenvalue weighted by Crippen LogP contribution is 2.36. The summed E-state index contributed by atoms with van der Waals surface area (Å²) in [7, 11) is 3.12. The average Bonchev–Trinajstić information content (AvgIpc) is 3.37. The maximum absolute atomic E-state index is 13.5. The lowest BCUT2D eigenvalue weighted by molar-refractivity contribution is -0.133. The molecule has 8 heteroatoms. The minimum absolute atomic E-state index is 0.0788. The first kappa shape index (κ1) is 23.2. The van der Waals surface area contributed by atoms with E-state index in [4.69, 9.17) is 9.47 Å². The van der Waals surface area contributed by atoms with Crippen LogP contribution in [0.25, 0.3) is 10.9 Å². The van der Waals surface area contributed by atoms with Crippen molar-refractivity contribution in [2.75, 3.05) is 27.3 Å². The van der Waals surface area contributed by atoms with Crippen molar-refractivity contribution in [3.8, 4) is 11.5 Å². The SMILES string of the molecule is COc1cccc(CN2C(=O)NC(C)(C3CCN(Cc4cc5ccccc5[nH]4)CC3)C2=O)c1OC. The van der Waals surface area contributed by atoms with Crippen LogP contribution >= 0.6 is 0 Å². The summed E-state index contributed by atoms with van der Waals surface area (Å²) >= 11 is 0. The molecule has 3 heterocycles. The molecule has 3 amide bonds. The van der Waals surface area contributed by atoms with Gasteiger partial charge in [-0.15, -0.1) is 0 Å². The molecule has 5 rings (SSSR count). The van der Waals surface area contributed by atoms with Crippen molar-refractivity contribution >= 4 is 22.8 Å². The molecule has 8 nitrogen and oxygen atoms in total. The number of hydrogen-bond donors (Lipinski definition) is 2. The van der Waals surface area contributed by atoms with Crippen LogP contribution in [0.5, 0.6) is 11.5 Å². The molecule has 35 heavy (non-hydrogen) atoms. The molecule has 1 atom stereocenters. The lowest BCUT2D eigenvalue weighted by atomic mass is 9.79. The highest BCUT2D eigenvalue weighted by molar-refractivity contribution is 6.07. The van der Waals surface area contributed by atoms with E-state index in [9.17, 15) is 9.59 Å². The molecule has 0 spiro atoms. The summed E-state index contributed by atoms with van der Waals surface area (Å²) in [6.45, 7) is 4.61. The molecular weight excluding hydrogens is 444 g/mol. The van der Waals surface area contributed by atoms with Gasteiger partial charge in [0.05, 0.1) is 20.8 Å². The Bertz CT molecular complexity index is 1210. The van der Waals surface area contributed by atoms with Gasteiger partial charge in [0.15, 0.2) is 11.5 Å². The number of H-pyrrole nitrogens is 1. The number of urea groups is 1. The van der Waals surface area contributed by atoms with E-state index in [0.29, 0.717) is 11.5 Å². The standard InChI is InChI=1S/C27H32N4O4/c1-27(20-11-13-30(14-12-20)17-21-15-18-7-4-5-9-22(18)28-21)25(32)31(26(33)29-27)16-19-8-6-10-23(34-2)24(19)35-3/h4-10,15,20,28H,11-14,16-17H2,1-3H3,(H,29,33). The van der Waals surface area contributed by atoms with Crippen molar-refractivity contribution < 1.29 is 19.1 Å². The lowest BCUT2D eigenvalue weighted by Gasteiger charge is -2.38. The largest absolute Gasteiger partial charge is 0.493 e. The summed E-state index contributed by atoms with van der Waals surface area (Å²) in [6, 6.07) is 15.6. The number of aromatic nitrogens is 1. The summed E-state index contributed by atoms with van der Waals surface area (Å²) in [5.41, 5.74) is 2.17. The molecule has 0 bridgehead atoms. The van der Waals surface area contributed by atoms with Gasteiger partial charge in [-0.3, -0.25) is 14.6 Å². The maximum Gasteiger partial charge on any atom is 0.325 e. The number of nitrogens with zero attached hydrogens (tertiary/aromatic N) is 2. The third-order valence-electron chi connectivity index (χ3n) is 7.50. The number of carbonyl (C=O) groups is 2. The Balaban J connectivity index is 1.24. The van der Waals surface area contributed by atoms with Crippen LogP contribution in [-0.2, 0) is 17.9 Å². The highest BCUT2D eigenvalue weighted by Gasteiger charge is 2.52. The van der Waals surface area contributed by atoms with Crippen LogP contribution in [0.15, 0.2) is 48.5 Å². The van der Waals surface area contributed by atoms with Crippen LogP contribution in [0.4, 0.5) is 4.79 Å². The Kier molecular flexibility index (Phi) is 6.15. The number of benzene rings is 2. The van der Waals surface area contributed by atoms with E-state index < -0.39 is 5.54 Å². The summed E-state index contributed by atoms with van der Waals surface area (Å²) in [5, 5.41) is 4.23. The monoisotopic (exact) mass is 476 g/mol. The van der Waals surface area contributed by atoms with E-state index in [1.807, 2.05) is 31.2 Å². The second-order valence-electron chi connectivity index (χ2n) is 9.61. The highest BCUT2D eigenvalue weighted by atomic mass is 16.5. The number of methoxy groups -OCH3 is 2. The number of rotatable bonds is 7. The molecule has 3 aromatic rings. The summed E-state index contributed by atoms with van der Waals surface area (Å²) in [5.74, 6) is 1.01. The Labute approximate surface area is 205 Å². The number of fused-ring (bicyclic) bond motifs is 1. The normalized spacial score (nSPS) is 21.5. The van der Waals surface area contributed by atoms with E-state index in [1.165, 1.54) is 16.0 Å². The first-order chi connectivity index (χ1) is 16.9. The van der Waals surface area contributed by atoms with Crippen LogP contribution < -0.4 is 14.8 Å². The number of nitrogens with one attached hydrogen (secondary N) is 2. The molecule has 0 radical (unpaired) electrons. The maximum atomic E-state index is 13.5. The zero-order chi connectivity index (χ0) is 24.6. The van der Waals surface area contributed by atoms with Gasteiger partial charge in [0.1, 0.15) is 5.54 Å². The van der Waals surface area contributed by atoms with Gasteiger partial charge >= 0.3 is 6.03 Å². The number of likely N-dealkylation sites (tertiary alicyclic amines) is 1. The van der Waals surface area contributed by atoms with Crippen molar-refractivity contribution in [2.45, 2.75) is 38.4 Å². The van der Waals surface area contributed by atoms with Gasteiger partial charge < -0.3 is 19.8 Å². The van der Waals surface area contributed by atoms with Gasteiger partial charge in [0, 0.05) is 23.3 Å². The Morgan fingerprint density at radius 3 is 2.49 bits per heavy atom. The van der Waals surface area contributed by atoms with Crippen LogP contribution in [-0.4, -0.2) is 59.6 Å². The molecule has 2 N–H and O–H groups in total. The fourth-order valence-electron chi connectivity index (χ4n) is 5.51. The molecule has 2 aromatic carbocycles. The number of ether oxygens (including phenoxy) is 2. The number of carbonyl (C=O) groups excluding carboxylic acids is 2. The van der Waals surface area contributed by atoms with Crippen LogP contribution in [0.3, 0.4) is 0 Å². The number of aromatic amines is 1. The van der Waals surface area contributed by atoms with Crippen molar-refractivity contribution in [2.24, 2.45) is 5.92 Å². The molecule has 2 aliphatic heterocycles. The van der Waals surface area contributed by atoms with Gasteiger partial charge in [-0.1, -0.05) is 30.3 Å². The quantitative estimate of drug-likeness (QED) is 0.505. The zero-order valence-electron chi connectivity index (χ0n) is 20.5. The van der Waals surface area contributed by atoms with Gasteiger partial charge in [0.2, 0.25) is 0 Å². The van der Waals surface area contributed by atoms with Crippen LogP contribution in [0, 0.1) is 5.92 Å². The van der Waals surface area contributed by atoms with Crippen molar-refractivity contribution in [1.29, 1.82) is 0 Å². The minimum atomic E-state index is -0.906. The summed E-state index contributed by atoms with van der Waals surface area (Å²) in [4.78, 5) is 33.6. The average molecular weight is 477 g/mol. The molecule has 2 saturated heterocycles. The second kappa shape index (κ2) is 9.26. The predicted molar refractivity (Wildman–Crippen MR) is 133 cm³/mol. The topological polar surface area (TPSA) is 86.9 Å². The van der Waals surface area contributed by atoms with E-state index in [0.717, 1.165) is 43.6 Å². The van der Waals surface area contributed by atoms with Crippen molar-refractivity contribution in [1.82, 2.24) is 20.1 Å². The first-order valence-corrected chi connectivity index (χ1v) is 12.1. The number of piperidine rings is 1. The predicted octanol–water partition coefficient (Wildman–Crippen LogP) is 3.91. The zero-order valence-corrected chi connectivity index (χ0v) is 20.5. The van der Waals surface area contributed by atoms with Gasteiger partial charge in [-0.2, -0.15) is 0 Å². The second-order valence-corrected chi connectivity index (χ2v) is 9.61. The third-order valence-corrected chi connectivity index (χ3v) is 7.50. The van der Waals surface area contributed by atoms with E-state index in [-0.39, 0.29) is 24.4 Å². The number of amides is 3. The number of hydrogen-bond acceptors (Lipinski definition) is 5. The molecule has 2 fully saturated rings. The number of para-hydroxylation sites is 2. The van der Waals surface area contributed by atoms with Crippen LogP contribution in [0.2, 0.25) is 0 Å². The van der Waals surface area contributed by atoms with E-state index in [2.05, 4.69) is 33.4 Å². The smallest absolute Gasteiger partial charge is 0.325 e. The first-order valence-electron chi connectivity index (χ1n) is 12.1. The Morgan fingerprint density at radius 1 is 1.00 bits per heavy atom. The molecule has 0 aliphatic carbocycles. The van der Waals surface area contributed by atoms with E-state index in [1.54, 1.807) is 20.3 Å². The third kappa shape index (κ3) is 4.23. The molecule has 1 aromatic heterocycles. The minimum Gasteiger partial charge on any atom is -0.493 e. The van der Waals surface area contributed by atoms with Crippen molar-refractivity contribution in [3.63, 3.8) is 0 Å². The molecule has 1 unspecified atom stereocenters.